The number of nitrogens with one attached hydrogen (secondary N) is 1. The van der Waals surface area contributed by atoms with Crippen molar-refractivity contribution in [1.29, 1.82) is 5.26 Å². The minimum absolute atomic E-state index is 0.105. The molecule has 0 saturated carbocycles. The Kier molecular flexibility index (Phi) is 4.98. The Hall–Kier alpha value is -2.59. The number of β-amino-alcohol motifs (C(OH)–C–C–N with tert-alkyl or cyclic N) is 1. The van der Waals surface area contributed by atoms with Crippen LogP contribution in [0.15, 0.2) is 48.7 Å². The summed E-state index contributed by atoms with van der Waals surface area (Å²) < 4.78 is 0. The third kappa shape index (κ3) is 3.69. The quantitative estimate of drug-likeness (QED) is 0.775. The molecule has 1 fully saturated rings. The smallest absolute Gasteiger partial charge is 0.129 e. The minimum atomic E-state index is -0.796. The number of hydrogen-bond donors (Lipinski definition) is 2. The zero-order valence-electron chi connectivity index (χ0n) is 15.6. The van der Waals surface area contributed by atoms with Crippen LogP contribution in [0.1, 0.15) is 29.3 Å². The highest BCUT2D eigenvalue weighted by molar-refractivity contribution is 6.29. The second kappa shape index (κ2) is 7.44. The van der Waals surface area contributed by atoms with Gasteiger partial charge in [0, 0.05) is 18.4 Å². The standard InChI is InChI=1S/C21H22ClN5O/c1-15-9-17(11-20(22)25-15)19-5-8-26(14-21(28)6-7-24-13-21)27(19)18-4-2-3-16(10-18)12-23/h2-5,8-11,19,24,28H,6-7,13-14H2,1H3. The summed E-state index contributed by atoms with van der Waals surface area (Å²) >= 11 is 6.21. The average Bonchev–Trinajstić information content (AvgIpc) is 3.27. The van der Waals surface area contributed by atoms with Gasteiger partial charge < -0.3 is 10.4 Å². The predicted molar refractivity (Wildman–Crippen MR) is 109 cm³/mol. The summed E-state index contributed by atoms with van der Waals surface area (Å²) in [6.45, 7) is 3.75. The van der Waals surface area contributed by atoms with Gasteiger partial charge in [-0.05, 0) is 61.9 Å². The molecule has 7 heteroatoms. The molecule has 2 aliphatic rings. The molecular weight excluding hydrogens is 374 g/mol. The minimum Gasteiger partial charge on any atom is -0.387 e. The maximum atomic E-state index is 10.9. The van der Waals surface area contributed by atoms with E-state index in [0.29, 0.717) is 30.2 Å². The molecule has 4 rings (SSSR count). The molecule has 3 heterocycles. The van der Waals surface area contributed by atoms with Crippen LogP contribution in [-0.4, -0.2) is 40.3 Å². The predicted octanol–water partition coefficient (Wildman–Crippen LogP) is 2.93. The van der Waals surface area contributed by atoms with Crippen molar-refractivity contribution in [2.45, 2.75) is 25.0 Å². The van der Waals surface area contributed by atoms with E-state index in [0.717, 1.165) is 23.5 Å². The van der Waals surface area contributed by atoms with Crippen molar-refractivity contribution in [3.63, 3.8) is 0 Å². The lowest BCUT2D eigenvalue weighted by Gasteiger charge is -2.39. The molecule has 0 radical (unpaired) electrons. The second-order valence-electron chi connectivity index (χ2n) is 7.41. The van der Waals surface area contributed by atoms with E-state index in [1.807, 2.05) is 48.5 Å². The van der Waals surface area contributed by atoms with Crippen LogP contribution >= 0.6 is 11.6 Å². The highest BCUT2D eigenvalue weighted by atomic mass is 35.5. The normalized spacial score (nSPS) is 24.0. The maximum absolute atomic E-state index is 10.9. The van der Waals surface area contributed by atoms with Crippen molar-refractivity contribution in [2.24, 2.45) is 0 Å². The highest BCUT2D eigenvalue weighted by Crippen LogP contribution is 2.37. The number of hydrogen-bond acceptors (Lipinski definition) is 6. The van der Waals surface area contributed by atoms with Crippen molar-refractivity contribution < 1.29 is 5.11 Å². The van der Waals surface area contributed by atoms with Gasteiger partial charge in [-0.25, -0.2) is 4.98 Å². The Morgan fingerprint density at radius 2 is 2.25 bits per heavy atom. The Labute approximate surface area is 169 Å². The van der Waals surface area contributed by atoms with Gasteiger partial charge in [-0.2, -0.15) is 5.26 Å². The lowest BCUT2D eigenvalue weighted by molar-refractivity contribution is 0.0319. The topological polar surface area (TPSA) is 75.4 Å². The summed E-state index contributed by atoms with van der Waals surface area (Å²) in [5.74, 6) is 0. The van der Waals surface area contributed by atoms with Gasteiger partial charge in [0.25, 0.3) is 0 Å². The molecule has 144 valence electrons. The molecule has 1 aromatic heterocycles. The zero-order chi connectivity index (χ0) is 19.7. The number of nitrogens with zero attached hydrogens (tertiary/aromatic N) is 4. The van der Waals surface area contributed by atoms with Crippen LogP contribution in [0.4, 0.5) is 5.69 Å². The van der Waals surface area contributed by atoms with E-state index in [1.54, 1.807) is 6.07 Å². The molecule has 2 unspecified atom stereocenters. The van der Waals surface area contributed by atoms with Crippen molar-refractivity contribution in [1.82, 2.24) is 15.3 Å². The van der Waals surface area contributed by atoms with Gasteiger partial charge in [0.05, 0.1) is 35.5 Å². The zero-order valence-corrected chi connectivity index (χ0v) is 16.4. The summed E-state index contributed by atoms with van der Waals surface area (Å²) in [6, 6.07) is 13.5. The molecule has 2 N–H and O–H groups in total. The van der Waals surface area contributed by atoms with Crippen LogP contribution in [-0.2, 0) is 0 Å². The molecule has 0 spiro atoms. The number of aromatic nitrogens is 1. The first-order valence-corrected chi connectivity index (χ1v) is 9.67. The Morgan fingerprint density at radius 1 is 1.39 bits per heavy atom. The van der Waals surface area contributed by atoms with Crippen molar-refractivity contribution in [3.8, 4) is 6.07 Å². The van der Waals surface area contributed by atoms with Crippen molar-refractivity contribution in [2.75, 3.05) is 24.6 Å². The lowest BCUT2D eigenvalue weighted by Crippen LogP contribution is -2.48. The van der Waals surface area contributed by atoms with Gasteiger partial charge in [0.15, 0.2) is 0 Å². The second-order valence-corrected chi connectivity index (χ2v) is 7.79. The molecular formula is C21H22ClN5O. The van der Waals surface area contributed by atoms with E-state index in [4.69, 9.17) is 11.6 Å². The molecule has 2 aromatic rings. The largest absolute Gasteiger partial charge is 0.387 e. The first kappa shape index (κ1) is 18.8. The monoisotopic (exact) mass is 395 g/mol. The van der Waals surface area contributed by atoms with E-state index in [-0.39, 0.29) is 6.04 Å². The molecule has 1 aromatic carbocycles. The van der Waals surface area contributed by atoms with Crippen LogP contribution in [0.3, 0.4) is 0 Å². The van der Waals surface area contributed by atoms with E-state index in [2.05, 4.69) is 27.5 Å². The fraction of sp³-hybridized carbons (Fsp3) is 0.333. The fourth-order valence-corrected chi connectivity index (χ4v) is 4.15. The molecule has 2 aliphatic heterocycles. The van der Waals surface area contributed by atoms with Gasteiger partial charge in [-0.1, -0.05) is 17.7 Å². The number of aliphatic hydroxyl groups is 1. The summed E-state index contributed by atoms with van der Waals surface area (Å²) in [5, 5.41) is 28.0. The van der Waals surface area contributed by atoms with Crippen molar-refractivity contribution >= 4 is 17.3 Å². The molecule has 0 aliphatic carbocycles. The molecule has 0 amide bonds. The average molecular weight is 396 g/mol. The Bertz CT molecular complexity index is 928. The summed E-state index contributed by atoms with van der Waals surface area (Å²) in [4.78, 5) is 4.26. The number of hydrazine groups is 1. The summed E-state index contributed by atoms with van der Waals surface area (Å²) in [7, 11) is 0. The summed E-state index contributed by atoms with van der Waals surface area (Å²) in [6.07, 6.45) is 4.77. The first-order valence-electron chi connectivity index (χ1n) is 9.29. The van der Waals surface area contributed by atoms with E-state index >= 15 is 0 Å². The number of rotatable bonds is 4. The van der Waals surface area contributed by atoms with Crippen LogP contribution in [0.25, 0.3) is 0 Å². The third-order valence-electron chi connectivity index (χ3n) is 5.18. The van der Waals surface area contributed by atoms with E-state index in [1.165, 1.54) is 0 Å². The fourth-order valence-electron chi connectivity index (χ4n) is 3.89. The van der Waals surface area contributed by atoms with Crippen LogP contribution in [0.5, 0.6) is 0 Å². The van der Waals surface area contributed by atoms with E-state index in [9.17, 15) is 10.4 Å². The third-order valence-corrected chi connectivity index (χ3v) is 5.38. The maximum Gasteiger partial charge on any atom is 0.129 e. The van der Waals surface area contributed by atoms with Gasteiger partial charge >= 0.3 is 0 Å². The van der Waals surface area contributed by atoms with Crippen LogP contribution in [0, 0.1) is 18.3 Å². The Balaban J connectivity index is 1.73. The number of anilines is 1. The highest BCUT2D eigenvalue weighted by Gasteiger charge is 2.37. The summed E-state index contributed by atoms with van der Waals surface area (Å²) in [5.41, 5.74) is 2.53. The SMILES string of the molecule is Cc1cc(C2C=CN(CC3(O)CCNC3)N2c2cccc(C#N)c2)cc(Cl)n1. The van der Waals surface area contributed by atoms with Crippen LogP contribution < -0.4 is 10.3 Å². The van der Waals surface area contributed by atoms with Gasteiger partial charge in [0.2, 0.25) is 0 Å². The Morgan fingerprint density at radius 3 is 2.96 bits per heavy atom. The lowest BCUT2D eigenvalue weighted by atomic mass is 10.0. The van der Waals surface area contributed by atoms with Gasteiger partial charge in [-0.3, -0.25) is 10.0 Å². The number of benzene rings is 1. The number of pyridine rings is 1. The first-order chi connectivity index (χ1) is 13.5. The number of halogens is 1. The molecule has 6 nitrogen and oxygen atoms in total. The molecule has 28 heavy (non-hydrogen) atoms. The van der Waals surface area contributed by atoms with Gasteiger partial charge in [0.1, 0.15) is 5.15 Å². The van der Waals surface area contributed by atoms with Crippen LogP contribution in [0.2, 0.25) is 5.15 Å². The van der Waals surface area contributed by atoms with E-state index < -0.39 is 5.60 Å². The van der Waals surface area contributed by atoms with Crippen molar-refractivity contribution in [3.05, 3.63) is 70.6 Å². The molecule has 0 bridgehead atoms. The number of nitriles is 1. The molecule has 1 saturated heterocycles. The molecule has 2 atom stereocenters. The number of aryl methyl sites for hydroxylation is 1. The van der Waals surface area contributed by atoms with Gasteiger partial charge in [-0.15, -0.1) is 0 Å².